The molecule has 0 fully saturated rings. The highest BCUT2D eigenvalue weighted by Gasteiger charge is 2.03. The number of aryl methyl sites for hydroxylation is 2. The number of aromatic nitrogens is 2. The average molecular weight is 321 g/mol. The van der Waals surface area contributed by atoms with Gasteiger partial charge in [-0.1, -0.05) is 36.4 Å². The Morgan fingerprint density at radius 1 is 1.25 bits per heavy atom. The number of nitrogens with zero attached hydrogens (tertiary/aromatic N) is 3. The smallest absolute Gasteiger partial charge is 0.259 e. The van der Waals surface area contributed by atoms with Gasteiger partial charge < -0.3 is 5.32 Å². The molecule has 3 aromatic rings. The summed E-state index contributed by atoms with van der Waals surface area (Å²) >= 11 is 0. The van der Waals surface area contributed by atoms with E-state index in [1.54, 1.807) is 10.9 Å². The Morgan fingerprint density at radius 3 is 2.83 bits per heavy atom. The quantitative estimate of drug-likeness (QED) is 0.560. The minimum absolute atomic E-state index is 0.150. The summed E-state index contributed by atoms with van der Waals surface area (Å²) in [4.78, 5) is 11.9. The van der Waals surface area contributed by atoms with Crippen LogP contribution in [0.1, 0.15) is 11.3 Å². The molecule has 0 aliphatic carbocycles. The van der Waals surface area contributed by atoms with Crippen LogP contribution in [0.25, 0.3) is 10.8 Å². The Hall–Kier alpha value is -3.15. The molecule has 6 heteroatoms. The molecular formula is C18H19N5O. The topological polar surface area (TPSA) is 71.3 Å². The molecule has 0 saturated carbocycles. The fraction of sp³-hybridized carbons (Fsp3) is 0.167. The van der Waals surface area contributed by atoms with E-state index in [0.29, 0.717) is 0 Å². The number of hydrogen-bond acceptors (Lipinski definition) is 4. The molecule has 3 rings (SSSR count). The van der Waals surface area contributed by atoms with Gasteiger partial charge in [0.15, 0.2) is 0 Å². The van der Waals surface area contributed by atoms with Crippen molar-refractivity contribution in [2.45, 2.75) is 6.92 Å². The summed E-state index contributed by atoms with van der Waals surface area (Å²) < 4.78 is 1.71. The van der Waals surface area contributed by atoms with Crippen molar-refractivity contribution >= 4 is 28.6 Å². The van der Waals surface area contributed by atoms with E-state index in [4.69, 9.17) is 0 Å². The van der Waals surface area contributed by atoms with Crippen molar-refractivity contribution in [3.8, 4) is 0 Å². The van der Waals surface area contributed by atoms with E-state index >= 15 is 0 Å². The van der Waals surface area contributed by atoms with Gasteiger partial charge in [-0.15, -0.1) is 0 Å². The molecule has 1 amide bonds. The van der Waals surface area contributed by atoms with Gasteiger partial charge in [-0.3, -0.25) is 9.48 Å². The lowest BCUT2D eigenvalue weighted by atomic mass is 10.1. The van der Waals surface area contributed by atoms with Crippen molar-refractivity contribution < 1.29 is 4.79 Å². The first-order chi connectivity index (χ1) is 11.6. The molecule has 0 aliphatic rings. The van der Waals surface area contributed by atoms with Crippen LogP contribution >= 0.6 is 0 Å². The maximum absolute atomic E-state index is 11.9. The van der Waals surface area contributed by atoms with Crippen LogP contribution in [-0.2, 0) is 11.8 Å². The molecule has 1 aromatic heterocycles. The summed E-state index contributed by atoms with van der Waals surface area (Å²) in [6, 6.07) is 14.0. The van der Waals surface area contributed by atoms with Gasteiger partial charge in [0.2, 0.25) is 0 Å². The predicted molar refractivity (Wildman–Crippen MR) is 96.1 cm³/mol. The van der Waals surface area contributed by atoms with Crippen LogP contribution in [-0.4, -0.2) is 28.4 Å². The van der Waals surface area contributed by atoms with Crippen molar-refractivity contribution in [3.05, 3.63) is 59.9 Å². The third-order valence-corrected chi connectivity index (χ3v) is 3.67. The highest BCUT2D eigenvalue weighted by Crippen LogP contribution is 2.22. The standard InChI is InChI=1S/C18H19N5O/c1-13-15(12-23(2)22-13)10-20-21-18(24)11-19-17-9-5-7-14-6-3-4-8-16(14)17/h3-10,12,19H,11H2,1-2H3,(H,21,24)/b20-10-. The van der Waals surface area contributed by atoms with Crippen molar-refractivity contribution in [1.29, 1.82) is 0 Å². The first-order valence-corrected chi connectivity index (χ1v) is 7.67. The van der Waals surface area contributed by atoms with Crippen LogP contribution < -0.4 is 10.7 Å². The highest BCUT2D eigenvalue weighted by atomic mass is 16.2. The number of anilines is 1. The fourth-order valence-corrected chi connectivity index (χ4v) is 2.51. The molecule has 6 nitrogen and oxygen atoms in total. The van der Waals surface area contributed by atoms with Gasteiger partial charge >= 0.3 is 0 Å². The lowest BCUT2D eigenvalue weighted by molar-refractivity contribution is -0.119. The third kappa shape index (κ3) is 3.60. The van der Waals surface area contributed by atoms with Crippen LogP contribution in [0.15, 0.2) is 53.8 Å². The second kappa shape index (κ2) is 6.95. The maximum Gasteiger partial charge on any atom is 0.259 e. The minimum Gasteiger partial charge on any atom is -0.376 e. The molecule has 0 atom stereocenters. The van der Waals surface area contributed by atoms with Crippen LogP contribution in [0.3, 0.4) is 0 Å². The Labute approximate surface area is 140 Å². The van der Waals surface area contributed by atoms with Crippen LogP contribution in [0.5, 0.6) is 0 Å². The summed E-state index contributed by atoms with van der Waals surface area (Å²) in [5.41, 5.74) is 5.18. The molecule has 122 valence electrons. The SMILES string of the molecule is Cc1nn(C)cc1/C=N\NC(=O)CNc1cccc2ccccc12. The van der Waals surface area contributed by atoms with Crippen LogP contribution in [0, 0.1) is 6.92 Å². The van der Waals surface area contributed by atoms with Crippen molar-refractivity contribution in [2.24, 2.45) is 12.1 Å². The third-order valence-electron chi connectivity index (χ3n) is 3.67. The second-order valence-corrected chi connectivity index (χ2v) is 5.52. The minimum atomic E-state index is -0.208. The van der Waals surface area contributed by atoms with Gasteiger partial charge in [0.1, 0.15) is 0 Å². The van der Waals surface area contributed by atoms with Crippen molar-refractivity contribution in [3.63, 3.8) is 0 Å². The summed E-state index contributed by atoms with van der Waals surface area (Å²) in [5.74, 6) is -0.208. The number of fused-ring (bicyclic) bond motifs is 1. The molecule has 0 saturated heterocycles. The number of benzene rings is 2. The number of carbonyl (C=O) groups is 1. The molecule has 0 aliphatic heterocycles. The molecule has 1 heterocycles. The summed E-state index contributed by atoms with van der Waals surface area (Å²) in [6.07, 6.45) is 3.44. The highest BCUT2D eigenvalue weighted by molar-refractivity contribution is 5.95. The number of hydrogen-bond donors (Lipinski definition) is 2. The normalized spacial score (nSPS) is 11.1. The number of amides is 1. The van der Waals surface area contributed by atoms with Crippen LogP contribution in [0.2, 0.25) is 0 Å². The Kier molecular flexibility index (Phi) is 4.56. The van der Waals surface area contributed by atoms with E-state index < -0.39 is 0 Å². The second-order valence-electron chi connectivity index (χ2n) is 5.52. The average Bonchev–Trinajstić information content (AvgIpc) is 2.90. The van der Waals surface area contributed by atoms with E-state index in [2.05, 4.69) is 20.9 Å². The number of hydrazone groups is 1. The van der Waals surface area contributed by atoms with Gasteiger partial charge in [-0.2, -0.15) is 10.2 Å². The van der Waals surface area contributed by atoms with Gasteiger partial charge in [0.25, 0.3) is 5.91 Å². The predicted octanol–water partition coefficient (Wildman–Crippen LogP) is 2.44. The van der Waals surface area contributed by atoms with Gasteiger partial charge in [0.05, 0.1) is 18.5 Å². The number of rotatable bonds is 5. The number of carbonyl (C=O) groups excluding carboxylic acids is 1. The monoisotopic (exact) mass is 321 g/mol. The van der Waals surface area contributed by atoms with Gasteiger partial charge in [-0.05, 0) is 18.4 Å². The molecule has 24 heavy (non-hydrogen) atoms. The zero-order chi connectivity index (χ0) is 16.9. The largest absolute Gasteiger partial charge is 0.376 e. The van der Waals surface area contributed by atoms with E-state index in [-0.39, 0.29) is 12.5 Å². The molecule has 0 bridgehead atoms. The van der Waals surface area contributed by atoms with E-state index in [0.717, 1.165) is 27.7 Å². The summed E-state index contributed by atoms with van der Waals surface area (Å²) in [6.45, 7) is 2.04. The molecule has 0 spiro atoms. The zero-order valence-electron chi connectivity index (χ0n) is 13.7. The first-order valence-electron chi connectivity index (χ1n) is 7.67. The van der Waals surface area contributed by atoms with E-state index in [1.165, 1.54) is 0 Å². The van der Waals surface area contributed by atoms with Gasteiger partial charge in [-0.25, -0.2) is 5.43 Å². The number of nitrogens with one attached hydrogen (secondary N) is 2. The summed E-state index contributed by atoms with van der Waals surface area (Å²) in [7, 11) is 1.84. The molecule has 2 N–H and O–H groups in total. The summed E-state index contributed by atoms with van der Waals surface area (Å²) in [5, 5.41) is 13.6. The molecule has 0 radical (unpaired) electrons. The van der Waals surface area contributed by atoms with E-state index in [9.17, 15) is 4.79 Å². The Bertz CT molecular complexity index is 892. The van der Waals surface area contributed by atoms with Crippen LogP contribution in [0.4, 0.5) is 5.69 Å². The molecular weight excluding hydrogens is 302 g/mol. The molecule has 0 unspecified atom stereocenters. The fourth-order valence-electron chi connectivity index (χ4n) is 2.51. The lowest BCUT2D eigenvalue weighted by Crippen LogP contribution is -2.25. The van der Waals surface area contributed by atoms with Crippen molar-refractivity contribution in [1.82, 2.24) is 15.2 Å². The van der Waals surface area contributed by atoms with E-state index in [1.807, 2.05) is 62.6 Å². The zero-order valence-corrected chi connectivity index (χ0v) is 13.7. The van der Waals surface area contributed by atoms with Crippen molar-refractivity contribution in [2.75, 3.05) is 11.9 Å². The Balaban J connectivity index is 1.58. The van der Waals surface area contributed by atoms with Gasteiger partial charge in [0, 0.05) is 29.9 Å². The molecule has 2 aromatic carbocycles. The lowest BCUT2D eigenvalue weighted by Gasteiger charge is -2.08. The first kappa shape index (κ1) is 15.7. The maximum atomic E-state index is 11.9. The Morgan fingerprint density at radius 2 is 2.04 bits per heavy atom.